The van der Waals surface area contributed by atoms with Gasteiger partial charge in [0.2, 0.25) is 0 Å². The maximum Gasteiger partial charge on any atom is 0.278 e. The van der Waals surface area contributed by atoms with Gasteiger partial charge in [-0.15, -0.1) is 0 Å². The van der Waals surface area contributed by atoms with Gasteiger partial charge in [-0.3, -0.25) is 4.98 Å². The van der Waals surface area contributed by atoms with E-state index in [1.54, 1.807) is 6.07 Å². The summed E-state index contributed by atoms with van der Waals surface area (Å²) in [6, 6.07) is 3.00. The lowest BCUT2D eigenvalue weighted by Gasteiger charge is -2.30. The monoisotopic (exact) mass is 212 g/mol. The Hall–Kier alpha value is -1.03. The summed E-state index contributed by atoms with van der Waals surface area (Å²) in [4.78, 5) is 3.75. The SMILES string of the molecule is FC(F)(c1cccnc1)C1CCCNC1. The second-order valence-corrected chi connectivity index (χ2v) is 3.91. The smallest absolute Gasteiger partial charge is 0.278 e. The number of rotatable bonds is 2. The van der Waals surface area contributed by atoms with Gasteiger partial charge in [0.1, 0.15) is 0 Å². The van der Waals surface area contributed by atoms with Crippen LogP contribution in [0.3, 0.4) is 0 Å². The molecule has 1 unspecified atom stereocenters. The number of hydrogen-bond acceptors (Lipinski definition) is 2. The highest BCUT2D eigenvalue weighted by Crippen LogP contribution is 2.38. The van der Waals surface area contributed by atoms with Crippen molar-refractivity contribution in [2.24, 2.45) is 5.92 Å². The third kappa shape index (κ3) is 2.15. The number of halogens is 2. The molecular weight excluding hydrogens is 198 g/mol. The van der Waals surface area contributed by atoms with E-state index in [2.05, 4.69) is 10.3 Å². The molecule has 0 spiro atoms. The largest absolute Gasteiger partial charge is 0.316 e. The fourth-order valence-corrected chi connectivity index (χ4v) is 1.96. The molecule has 15 heavy (non-hydrogen) atoms. The molecule has 0 saturated carbocycles. The molecule has 82 valence electrons. The van der Waals surface area contributed by atoms with Gasteiger partial charge >= 0.3 is 0 Å². The van der Waals surface area contributed by atoms with E-state index in [1.165, 1.54) is 18.5 Å². The fourth-order valence-electron chi connectivity index (χ4n) is 1.96. The van der Waals surface area contributed by atoms with Gasteiger partial charge in [-0.2, -0.15) is 0 Å². The molecule has 1 saturated heterocycles. The molecule has 1 aliphatic rings. The molecule has 1 aliphatic heterocycles. The summed E-state index contributed by atoms with van der Waals surface area (Å²) in [5, 5.41) is 3.01. The van der Waals surface area contributed by atoms with E-state index in [0.29, 0.717) is 13.0 Å². The van der Waals surface area contributed by atoms with Crippen molar-refractivity contribution in [3.05, 3.63) is 30.1 Å². The highest BCUT2D eigenvalue weighted by Gasteiger charge is 2.41. The Bertz CT molecular complexity index is 308. The van der Waals surface area contributed by atoms with Gasteiger partial charge in [-0.1, -0.05) is 0 Å². The second-order valence-electron chi connectivity index (χ2n) is 3.91. The Labute approximate surface area is 87.7 Å². The molecule has 1 atom stereocenters. The van der Waals surface area contributed by atoms with Crippen LogP contribution in [-0.4, -0.2) is 18.1 Å². The molecule has 0 aliphatic carbocycles. The van der Waals surface area contributed by atoms with Crippen LogP contribution >= 0.6 is 0 Å². The summed E-state index contributed by atoms with van der Waals surface area (Å²) in [5.74, 6) is -3.36. The van der Waals surface area contributed by atoms with Crippen LogP contribution in [0.5, 0.6) is 0 Å². The van der Waals surface area contributed by atoms with E-state index in [9.17, 15) is 8.78 Å². The molecule has 2 heterocycles. The summed E-state index contributed by atoms with van der Waals surface area (Å²) in [6.07, 6.45) is 4.17. The molecule has 0 aromatic carbocycles. The lowest BCUT2D eigenvalue weighted by atomic mass is 9.89. The minimum atomic E-state index is -2.76. The van der Waals surface area contributed by atoms with Crippen LogP contribution in [0.4, 0.5) is 8.78 Å². The number of nitrogens with zero attached hydrogens (tertiary/aromatic N) is 1. The van der Waals surface area contributed by atoms with Crippen molar-refractivity contribution in [2.45, 2.75) is 18.8 Å². The van der Waals surface area contributed by atoms with Crippen LogP contribution in [0.15, 0.2) is 24.5 Å². The molecule has 2 nitrogen and oxygen atoms in total. The number of pyridine rings is 1. The van der Waals surface area contributed by atoms with Gasteiger partial charge in [0, 0.05) is 30.4 Å². The molecular formula is C11H14F2N2. The van der Waals surface area contributed by atoms with Crippen LogP contribution in [0.2, 0.25) is 0 Å². The van der Waals surface area contributed by atoms with Crippen molar-refractivity contribution in [3.8, 4) is 0 Å². The third-order valence-corrected chi connectivity index (χ3v) is 2.86. The van der Waals surface area contributed by atoms with Crippen LogP contribution in [0, 0.1) is 5.92 Å². The Morgan fingerprint density at radius 2 is 2.33 bits per heavy atom. The van der Waals surface area contributed by atoms with E-state index in [0.717, 1.165) is 13.0 Å². The summed E-state index contributed by atoms with van der Waals surface area (Å²) in [7, 11) is 0. The van der Waals surface area contributed by atoms with Crippen molar-refractivity contribution in [2.75, 3.05) is 13.1 Å². The first-order chi connectivity index (χ1) is 7.21. The minimum Gasteiger partial charge on any atom is -0.316 e. The molecule has 0 amide bonds. The average Bonchev–Trinajstić information content (AvgIpc) is 2.31. The van der Waals surface area contributed by atoms with Gasteiger partial charge in [0.05, 0.1) is 0 Å². The lowest BCUT2D eigenvalue weighted by molar-refractivity contribution is -0.0727. The van der Waals surface area contributed by atoms with Crippen LogP contribution in [0.25, 0.3) is 0 Å². The zero-order valence-corrected chi connectivity index (χ0v) is 8.42. The Balaban J connectivity index is 2.18. The Morgan fingerprint density at radius 3 is 2.93 bits per heavy atom. The third-order valence-electron chi connectivity index (χ3n) is 2.86. The predicted molar refractivity (Wildman–Crippen MR) is 53.7 cm³/mol. The van der Waals surface area contributed by atoms with E-state index in [1.807, 2.05) is 0 Å². The second kappa shape index (κ2) is 4.23. The van der Waals surface area contributed by atoms with Crippen LogP contribution < -0.4 is 5.32 Å². The number of nitrogens with one attached hydrogen (secondary N) is 1. The van der Waals surface area contributed by atoms with Crippen LogP contribution in [-0.2, 0) is 5.92 Å². The minimum absolute atomic E-state index is 0.0266. The molecule has 0 bridgehead atoms. The van der Waals surface area contributed by atoms with Crippen molar-refractivity contribution >= 4 is 0 Å². The van der Waals surface area contributed by atoms with Crippen molar-refractivity contribution in [1.29, 1.82) is 0 Å². The first-order valence-electron chi connectivity index (χ1n) is 5.20. The molecule has 1 aromatic rings. The summed E-state index contributed by atoms with van der Waals surface area (Å²) in [6.45, 7) is 1.24. The maximum atomic E-state index is 14.0. The number of aromatic nitrogens is 1. The molecule has 1 N–H and O–H groups in total. The standard InChI is InChI=1S/C11H14F2N2/c12-11(13,9-3-1-5-14-7-9)10-4-2-6-15-8-10/h1,3,5,7,10,15H,2,4,6,8H2. The fraction of sp³-hybridized carbons (Fsp3) is 0.545. The zero-order chi connectivity index (χ0) is 10.7. The highest BCUT2D eigenvalue weighted by molar-refractivity contribution is 5.16. The van der Waals surface area contributed by atoms with Crippen molar-refractivity contribution < 1.29 is 8.78 Å². The molecule has 1 fully saturated rings. The normalized spacial score (nSPS) is 22.7. The molecule has 2 rings (SSSR count). The van der Waals surface area contributed by atoms with E-state index in [-0.39, 0.29) is 5.56 Å². The van der Waals surface area contributed by atoms with E-state index in [4.69, 9.17) is 0 Å². The number of piperidine rings is 1. The van der Waals surface area contributed by atoms with E-state index >= 15 is 0 Å². The quantitative estimate of drug-likeness (QED) is 0.812. The summed E-state index contributed by atoms with van der Waals surface area (Å²) < 4.78 is 27.9. The lowest BCUT2D eigenvalue weighted by Crippen LogP contribution is -2.39. The predicted octanol–water partition coefficient (Wildman–Crippen LogP) is 2.17. The van der Waals surface area contributed by atoms with Gasteiger partial charge in [0.15, 0.2) is 0 Å². The number of hydrogen-bond donors (Lipinski definition) is 1. The molecule has 4 heteroatoms. The van der Waals surface area contributed by atoms with Gasteiger partial charge in [0.25, 0.3) is 5.92 Å². The zero-order valence-electron chi connectivity index (χ0n) is 8.42. The molecule has 0 radical (unpaired) electrons. The van der Waals surface area contributed by atoms with Gasteiger partial charge in [-0.05, 0) is 31.5 Å². The van der Waals surface area contributed by atoms with E-state index < -0.39 is 11.8 Å². The van der Waals surface area contributed by atoms with Gasteiger partial charge in [-0.25, -0.2) is 8.78 Å². The first-order valence-corrected chi connectivity index (χ1v) is 5.20. The Kier molecular flexibility index (Phi) is 2.95. The molecule has 1 aromatic heterocycles. The summed E-state index contributed by atoms with van der Waals surface area (Å²) in [5.41, 5.74) is 0.0266. The average molecular weight is 212 g/mol. The van der Waals surface area contributed by atoms with Gasteiger partial charge < -0.3 is 5.32 Å². The maximum absolute atomic E-state index is 14.0. The first kappa shape index (κ1) is 10.5. The number of alkyl halides is 2. The topological polar surface area (TPSA) is 24.9 Å². The Morgan fingerprint density at radius 1 is 1.47 bits per heavy atom. The summed E-state index contributed by atoms with van der Waals surface area (Å²) >= 11 is 0. The van der Waals surface area contributed by atoms with Crippen molar-refractivity contribution in [3.63, 3.8) is 0 Å². The highest BCUT2D eigenvalue weighted by atomic mass is 19.3. The van der Waals surface area contributed by atoms with Crippen molar-refractivity contribution in [1.82, 2.24) is 10.3 Å². The van der Waals surface area contributed by atoms with Crippen LogP contribution in [0.1, 0.15) is 18.4 Å².